The second-order valence-electron chi connectivity index (χ2n) is 5.85. The number of para-hydroxylation sites is 1. The smallest absolute Gasteiger partial charge is 0.263 e. The van der Waals surface area contributed by atoms with Crippen LogP contribution in [0.25, 0.3) is 10.1 Å². The first kappa shape index (κ1) is 20.6. The van der Waals surface area contributed by atoms with Crippen molar-refractivity contribution in [1.82, 2.24) is 10.7 Å². The van der Waals surface area contributed by atoms with Gasteiger partial charge in [-0.25, -0.2) is 5.43 Å². The lowest BCUT2D eigenvalue weighted by molar-refractivity contribution is -0.120. The topological polar surface area (TPSA) is 79.8 Å². The Morgan fingerprint density at radius 3 is 2.72 bits per heavy atom. The predicted molar refractivity (Wildman–Crippen MR) is 117 cm³/mol. The maximum absolute atomic E-state index is 12.4. The van der Waals surface area contributed by atoms with Gasteiger partial charge in [0.1, 0.15) is 17.2 Å². The largest absolute Gasteiger partial charge is 0.489 e. The highest BCUT2D eigenvalue weighted by atomic mass is 35.5. The van der Waals surface area contributed by atoms with E-state index < -0.39 is 11.8 Å². The summed E-state index contributed by atoms with van der Waals surface area (Å²) in [6.07, 6.45) is 3.11. The van der Waals surface area contributed by atoms with Crippen LogP contribution in [0.5, 0.6) is 5.75 Å². The summed E-state index contributed by atoms with van der Waals surface area (Å²) >= 11 is 7.56. The van der Waals surface area contributed by atoms with Crippen molar-refractivity contribution in [2.45, 2.75) is 0 Å². The van der Waals surface area contributed by atoms with E-state index in [2.05, 4.69) is 22.4 Å². The van der Waals surface area contributed by atoms with Gasteiger partial charge in [0, 0.05) is 15.6 Å². The fourth-order valence-corrected chi connectivity index (χ4v) is 3.91. The van der Waals surface area contributed by atoms with E-state index in [1.54, 1.807) is 18.2 Å². The van der Waals surface area contributed by atoms with Crippen LogP contribution in [0.1, 0.15) is 15.2 Å². The third kappa shape index (κ3) is 5.22. The zero-order chi connectivity index (χ0) is 20.6. The summed E-state index contributed by atoms with van der Waals surface area (Å²) in [5.41, 5.74) is 3.08. The van der Waals surface area contributed by atoms with Crippen LogP contribution in [0.15, 0.2) is 66.3 Å². The molecule has 2 N–H and O–H groups in total. The van der Waals surface area contributed by atoms with Gasteiger partial charge in [-0.15, -0.1) is 11.3 Å². The van der Waals surface area contributed by atoms with Gasteiger partial charge < -0.3 is 10.1 Å². The second kappa shape index (κ2) is 9.86. The summed E-state index contributed by atoms with van der Waals surface area (Å²) in [6.45, 7) is 3.75. The van der Waals surface area contributed by atoms with Crippen molar-refractivity contribution in [3.63, 3.8) is 0 Å². The summed E-state index contributed by atoms with van der Waals surface area (Å²) in [6, 6.07) is 14.7. The van der Waals surface area contributed by atoms with Crippen LogP contribution in [0.2, 0.25) is 5.02 Å². The molecule has 0 bridgehead atoms. The minimum absolute atomic E-state index is 0.227. The first-order chi connectivity index (χ1) is 14.1. The molecule has 0 saturated heterocycles. The SMILES string of the molecule is C=CCOc1ccccc1/C=N/NC(=O)CNC(=O)c1sc2ccccc2c1Cl. The molecule has 3 rings (SSSR count). The van der Waals surface area contributed by atoms with Crippen molar-refractivity contribution in [2.24, 2.45) is 5.10 Å². The summed E-state index contributed by atoms with van der Waals surface area (Å²) in [5, 5.41) is 7.66. The molecule has 148 valence electrons. The molecule has 2 amide bonds. The molecule has 6 nitrogen and oxygen atoms in total. The molecular formula is C21H18ClN3O3S. The minimum atomic E-state index is -0.462. The van der Waals surface area contributed by atoms with Crippen LogP contribution in [0, 0.1) is 0 Å². The van der Waals surface area contributed by atoms with E-state index in [9.17, 15) is 9.59 Å². The predicted octanol–water partition coefficient (Wildman–Crippen LogP) is 4.00. The molecule has 0 aliphatic rings. The number of halogens is 1. The molecule has 0 aliphatic heterocycles. The van der Waals surface area contributed by atoms with E-state index >= 15 is 0 Å². The van der Waals surface area contributed by atoms with Crippen LogP contribution in [0.4, 0.5) is 0 Å². The highest BCUT2D eigenvalue weighted by Crippen LogP contribution is 2.34. The van der Waals surface area contributed by atoms with E-state index in [4.69, 9.17) is 16.3 Å². The Morgan fingerprint density at radius 2 is 1.93 bits per heavy atom. The third-order valence-electron chi connectivity index (χ3n) is 3.82. The van der Waals surface area contributed by atoms with Crippen LogP contribution in [-0.2, 0) is 4.79 Å². The van der Waals surface area contributed by atoms with Crippen molar-refractivity contribution in [3.05, 3.63) is 76.6 Å². The fraction of sp³-hybridized carbons (Fsp3) is 0.0952. The van der Waals surface area contributed by atoms with E-state index in [1.807, 2.05) is 36.4 Å². The van der Waals surface area contributed by atoms with Crippen LogP contribution in [-0.4, -0.2) is 31.2 Å². The molecular weight excluding hydrogens is 410 g/mol. The van der Waals surface area contributed by atoms with Crippen molar-refractivity contribution in [1.29, 1.82) is 0 Å². The quantitative estimate of drug-likeness (QED) is 0.324. The molecule has 0 radical (unpaired) electrons. The number of nitrogens with one attached hydrogen (secondary N) is 2. The van der Waals surface area contributed by atoms with E-state index in [1.165, 1.54) is 17.6 Å². The molecule has 0 atom stereocenters. The van der Waals surface area contributed by atoms with E-state index in [-0.39, 0.29) is 6.54 Å². The zero-order valence-corrected chi connectivity index (χ0v) is 16.9. The second-order valence-corrected chi connectivity index (χ2v) is 7.28. The molecule has 1 heterocycles. The van der Waals surface area contributed by atoms with Gasteiger partial charge in [-0.05, 0) is 18.2 Å². The monoisotopic (exact) mass is 427 g/mol. The van der Waals surface area contributed by atoms with Gasteiger partial charge in [-0.3, -0.25) is 9.59 Å². The van der Waals surface area contributed by atoms with Gasteiger partial charge in [0.05, 0.1) is 17.8 Å². The molecule has 0 unspecified atom stereocenters. The fourth-order valence-electron chi connectivity index (χ4n) is 2.48. The lowest BCUT2D eigenvalue weighted by Crippen LogP contribution is -2.34. The summed E-state index contributed by atoms with van der Waals surface area (Å²) in [5.74, 6) is -0.243. The summed E-state index contributed by atoms with van der Waals surface area (Å²) in [7, 11) is 0. The van der Waals surface area contributed by atoms with Gasteiger partial charge in [0.15, 0.2) is 0 Å². The number of thiophene rings is 1. The maximum Gasteiger partial charge on any atom is 0.263 e. The highest BCUT2D eigenvalue weighted by molar-refractivity contribution is 7.21. The summed E-state index contributed by atoms with van der Waals surface area (Å²) in [4.78, 5) is 24.7. The van der Waals surface area contributed by atoms with Crippen molar-refractivity contribution < 1.29 is 14.3 Å². The van der Waals surface area contributed by atoms with Gasteiger partial charge in [-0.1, -0.05) is 54.6 Å². The van der Waals surface area contributed by atoms with Gasteiger partial charge in [0.2, 0.25) is 0 Å². The van der Waals surface area contributed by atoms with Crippen LogP contribution < -0.4 is 15.5 Å². The average molecular weight is 428 g/mol. The maximum atomic E-state index is 12.4. The zero-order valence-electron chi connectivity index (χ0n) is 15.4. The van der Waals surface area contributed by atoms with Gasteiger partial charge in [0.25, 0.3) is 11.8 Å². The van der Waals surface area contributed by atoms with Crippen LogP contribution in [0.3, 0.4) is 0 Å². The number of carbonyl (C=O) groups excluding carboxylic acids is 2. The van der Waals surface area contributed by atoms with Crippen LogP contribution >= 0.6 is 22.9 Å². The normalized spacial score (nSPS) is 10.8. The number of carbonyl (C=O) groups is 2. The van der Waals surface area contributed by atoms with Crippen molar-refractivity contribution >= 4 is 51.1 Å². The number of hydrazone groups is 1. The lowest BCUT2D eigenvalue weighted by Gasteiger charge is -2.06. The molecule has 0 fully saturated rings. The Labute approximate surface area is 176 Å². The molecule has 29 heavy (non-hydrogen) atoms. The number of amides is 2. The number of benzene rings is 2. The third-order valence-corrected chi connectivity index (χ3v) is 5.49. The average Bonchev–Trinajstić information content (AvgIpc) is 3.08. The number of hydrogen-bond donors (Lipinski definition) is 2. The number of hydrogen-bond acceptors (Lipinski definition) is 5. The molecule has 0 saturated carbocycles. The first-order valence-electron chi connectivity index (χ1n) is 8.70. The first-order valence-corrected chi connectivity index (χ1v) is 9.89. The molecule has 2 aromatic carbocycles. The Balaban J connectivity index is 1.55. The standard InChI is InChI=1S/C21H18ClN3O3S/c1-2-11-28-16-9-5-3-7-14(16)12-24-25-18(26)13-23-21(27)20-19(22)15-8-4-6-10-17(15)29-20/h2-10,12H,1,11,13H2,(H,23,27)(H,25,26)/b24-12+. The van der Waals surface area contributed by atoms with Crippen molar-refractivity contribution in [3.8, 4) is 5.75 Å². The number of fused-ring (bicyclic) bond motifs is 1. The Morgan fingerprint density at radius 1 is 1.17 bits per heavy atom. The number of rotatable bonds is 8. The minimum Gasteiger partial charge on any atom is -0.489 e. The highest BCUT2D eigenvalue weighted by Gasteiger charge is 2.17. The molecule has 3 aromatic rings. The van der Waals surface area contributed by atoms with E-state index in [0.29, 0.717) is 27.8 Å². The Hall–Kier alpha value is -3.16. The molecule has 0 spiro atoms. The van der Waals surface area contributed by atoms with Crippen molar-refractivity contribution in [2.75, 3.05) is 13.2 Å². The van der Waals surface area contributed by atoms with Gasteiger partial charge in [-0.2, -0.15) is 5.10 Å². The molecule has 0 aliphatic carbocycles. The molecule has 1 aromatic heterocycles. The number of nitrogens with zero attached hydrogens (tertiary/aromatic N) is 1. The Bertz CT molecular complexity index is 1080. The van der Waals surface area contributed by atoms with Gasteiger partial charge >= 0.3 is 0 Å². The summed E-state index contributed by atoms with van der Waals surface area (Å²) < 4.78 is 6.43. The number of ether oxygens (including phenoxy) is 1. The Kier molecular flexibility index (Phi) is 6.99. The lowest BCUT2D eigenvalue weighted by atomic mass is 10.2. The molecule has 8 heteroatoms. The van der Waals surface area contributed by atoms with E-state index in [0.717, 1.165) is 10.1 Å².